The normalized spacial score (nSPS) is 10.5. The zero-order valence-corrected chi connectivity index (χ0v) is 21.0. The van der Waals surface area contributed by atoms with E-state index in [2.05, 4.69) is 68.5 Å². The van der Waals surface area contributed by atoms with E-state index in [1.807, 2.05) is 13.8 Å². The lowest BCUT2D eigenvalue weighted by atomic mass is 10.0. The van der Waals surface area contributed by atoms with Gasteiger partial charge in [0.2, 0.25) is 0 Å². The van der Waals surface area contributed by atoms with Gasteiger partial charge in [-0.2, -0.15) is 0 Å². The summed E-state index contributed by atoms with van der Waals surface area (Å²) < 4.78 is 0. The molecular weight excluding hydrogens is 426 g/mol. The summed E-state index contributed by atoms with van der Waals surface area (Å²) in [5, 5.41) is 0. The van der Waals surface area contributed by atoms with Gasteiger partial charge in [-0.1, -0.05) is 74.5 Å². The molecule has 0 aliphatic heterocycles. The zero-order chi connectivity index (χ0) is 24.2. The highest BCUT2D eigenvalue weighted by Gasteiger charge is 2.14. The summed E-state index contributed by atoms with van der Waals surface area (Å²) in [6.45, 7) is 8.85. The Bertz CT molecular complexity index is 1080. The number of amides is 1. The summed E-state index contributed by atoms with van der Waals surface area (Å²) in [4.78, 5) is 26.7. The number of aldehydes is 1. The van der Waals surface area contributed by atoms with Crippen molar-refractivity contribution < 1.29 is 9.59 Å². The molecule has 33 heavy (non-hydrogen) atoms. The quantitative estimate of drug-likeness (QED) is 0.203. The topological polar surface area (TPSA) is 37.4 Å². The standard InChI is InChI=1S/C27H27NO2S.C2H6/c1-20-8-6-9-21(2)25(20)15-14-22-10-7-12-24(18-22)31-17-16-28(3)27(30)26-13-5-4-11-23(26)19-29;1-2/h4-15,18-19H,16-17H2,1-3H3;1-2H3/b15-14+;. The molecule has 0 aliphatic rings. The van der Waals surface area contributed by atoms with Gasteiger partial charge in [0.15, 0.2) is 6.29 Å². The summed E-state index contributed by atoms with van der Waals surface area (Å²) in [5.41, 5.74) is 5.82. The first-order chi connectivity index (χ1) is 16.0. The van der Waals surface area contributed by atoms with Crippen LogP contribution in [0.15, 0.2) is 71.6 Å². The number of carbonyl (C=O) groups is 2. The number of hydrogen-bond acceptors (Lipinski definition) is 3. The molecule has 0 saturated heterocycles. The number of nitrogens with zero attached hydrogens (tertiary/aromatic N) is 1. The Kier molecular flexibility index (Phi) is 10.6. The lowest BCUT2D eigenvalue weighted by Gasteiger charge is -2.18. The first-order valence-corrected chi connectivity index (χ1v) is 12.2. The Hall–Kier alpha value is -3.11. The minimum absolute atomic E-state index is 0.131. The molecule has 0 aliphatic carbocycles. The fourth-order valence-corrected chi connectivity index (χ4v) is 4.37. The summed E-state index contributed by atoms with van der Waals surface area (Å²) in [6, 6.07) is 21.7. The van der Waals surface area contributed by atoms with Crippen LogP contribution in [0.1, 0.15) is 56.8 Å². The van der Waals surface area contributed by atoms with Gasteiger partial charge in [0, 0.05) is 29.8 Å². The predicted octanol–water partition coefficient (Wildman–Crippen LogP) is 7.18. The fourth-order valence-electron chi connectivity index (χ4n) is 3.38. The third kappa shape index (κ3) is 7.47. The van der Waals surface area contributed by atoms with Crippen molar-refractivity contribution >= 4 is 36.1 Å². The van der Waals surface area contributed by atoms with Crippen molar-refractivity contribution in [3.05, 3.63) is 100 Å². The van der Waals surface area contributed by atoms with Crippen molar-refractivity contribution in [3.63, 3.8) is 0 Å². The second-order valence-electron chi connectivity index (χ2n) is 7.49. The van der Waals surface area contributed by atoms with E-state index in [1.165, 1.54) is 16.7 Å². The molecule has 3 nitrogen and oxygen atoms in total. The summed E-state index contributed by atoms with van der Waals surface area (Å²) in [7, 11) is 1.77. The molecule has 3 aromatic rings. The molecule has 0 saturated carbocycles. The van der Waals surface area contributed by atoms with Crippen molar-refractivity contribution in [2.45, 2.75) is 32.6 Å². The molecule has 0 atom stereocenters. The molecule has 0 aromatic heterocycles. The van der Waals surface area contributed by atoms with Crippen LogP contribution >= 0.6 is 11.8 Å². The third-order valence-electron chi connectivity index (χ3n) is 5.20. The minimum atomic E-state index is -0.131. The SMILES string of the molecule is CC.Cc1cccc(C)c1/C=C/c1cccc(SCCN(C)C(=O)c2ccccc2C=O)c1. The molecule has 0 spiro atoms. The monoisotopic (exact) mass is 459 g/mol. The molecule has 0 heterocycles. The van der Waals surface area contributed by atoms with Crippen LogP contribution in [-0.4, -0.2) is 36.4 Å². The molecule has 172 valence electrons. The summed E-state index contributed by atoms with van der Waals surface area (Å²) in [6.07, 6.45) is 5.05. The maximum absolute atomic E-state index is 12.6. The maximum Gasteiger partial charge on any atom is 0.254 e. The van der Waals surface area contributed by atoms with Gasteiger partial charge in [0.25, 0.3) is 5.91 Å². The van der Waals surface area contributed by atoms with Crippen LogP contribution in [0.5, 0.6) is 0 Å². The third-order valence-corrected chi connectivity index (χ3v) is 6.18. The number of rotatable bonds is 8. The first-order valence-electron chi connectivity index (χ1n) is 11.3. The molecule has 0 unspecified atom stereocenters. The van der Waals surface area contributed by atoms with Crippen molar-refractivity contribution in [2.75, 3.05) is 19.3 Å². The van der Waals surface area contributed by atoms with Crippen LogP contribution in [0.2, 0.25) is 0 Å². The second-order valence-corrected chi connectivity index (χ2v) is 8.66. The van der Waals surface area contributed by atoms with Gasteiger partial charge in [-0.25, -0.2) is 0 Å². The van der Waals surface area contributed by atoms with Gasteiger partial charge in [-0.15, -0.1) is 11.8 Å². The van der Waals surface area contributed by atoms with Crippen LogP contribution in [-0.2, 0) is 0 Å². The number of carbonyl (C=O) groups excluding carboxylic acids is 2. The first kappa shape index (κ1) is 26.1. The average molecular weight is 460 g/mol. The van der Waals surface area contributed by atoms with Gasteiger partial charge >= 0.3 is 0 Å². The van der Waals surface area contributed by atoms with E-state index in [0.29, 0.717) is 17.7 Å². The highest BCUT2D eigenvalue weighted by molar-refractivity contribution is 7.99. The molecule has 1 amide bonds. The van der Waals surface area contributed by atoms with E-state index in [1.54, 1.807) is 48.0 Å². The van der Waals surface area contributed by atoms with E-state index in [0.717, 1.165) is 22.5 Å². The lowest BCUT2D eigenvalue weighted by molar-refractivity contribution is 0.0800. The number of thioether (sulfide) groups is 1. The van der Waals surface area contributed by atoms with Crippen molar-refractivity contribution in [2.24, 2.45) is 0 Å². The van der Waals surface area contributed by atoms with Crippen LogP contribution < -0.4 is 0 Å². The van der Waals surface area contributed by atoms with Gasteiger partial charge in [-0.05, 0) is 54.3 Å². The summed E-state index contributed by atoms with van der Waals surface area (Å²) >= 11 is 1.72. The minimum Gasteiger partial charge on any atom is -0.341 e. The van der Waals surface area contributed by atoms with Crippen LogP contribution in [0.3, 0.4) is 0 Å². The largest absolute Gasteiger partial charge is 0.341 e. The summed E-state index contributed by atoms with van der Waals surface area (Å²) in [5.74, 6) is 0.642. The number of hydrogen-bond donors (Lipinski definition) is 0. The molecule has 0 fully saturated rings. The average Bonchev–Trinajstić information content (AvgIpc) is 2.84. The highest BCUT2D eigenvalue weighted by Crippen LogP contribution is 2.22. The molecule has 3 aromatic carbocycles. The van der Waals surface area contributed by atoms with E-state index >= 15 is 0 Å². The Morgan fingerprint density at radius 1 is 0.909 bits per heavy atom. The van der Waals surface area contributed by atoms with Gasteiger partial charge in [-0.3, -0.25) is 9.59 Å². The predicted molar refractivity (Wildman–Crippen MR) is 142 cm³/mol. The zero-order valence-electron chi connectivity index (χ0n) is 20.2. The fraction of sp³-hybridized carbons (Fsp3) is 0.241. The van der Waals surface area contributed by atoms with E-state index in [9.17, 15) is 9.59 Å². The Morgan fingerprint density at radius 2 is 1.58 bits per heavy atom. The highest BCUT2D eigenvalue weighted by atomic mass is 32.2. The molecular formula is C29H33NO2S. The van der Waals surface area contributed by atoms with Crippen LogP contribution in [0.4, 0.5) is 0 Å². The van der Waals surface area contributed by atoms with Gasteiger partial charge in [0.05, 0.1) is 5.56 Å². The second kappa shape index (κ2) is 13.4. The molecule has 3 rings (SSSR count). The van der Waals surface area contributed by atoms with Crippen molar-refractivity contribution in [1.82, 2.24) is 4.90 Å². The van der Waals surface area contributed by atoms with Gasteiger partial charge in [0.1, 0.15) is 0 Å². The lowest BCUT2D eigenvalue weighted by Crippen LogP contribution is -2.29. The number of aryl methyl sites for hydroxylation is 2. The van der Waals surface area contributed by atoms with Crippen LogP contribution in [0.25, 0.3) is 12.2 Å². The van der Waals surface area contributed by atoms with E-state index in [-0.39, 0.29) is 5.91 Å². The number of benzene rings is 3. The Labute approximate surface area is 202 Å². The Morgan fingerprint density at radius 3 is 2.27 bits per heavy atom. The maximum atomic E-state index is 12.6. The molecule has 0 bridgehead atoms. The van der Waals surface area contributed by atoms with Crippen LogP contribution in [0, 0.1) is 13.8 Å². The van der Waals surface area contributed by atoms with Gasteiger partial charge < -0.3 is 4.90 Å². The van der Waals surface area contributed by atoms with E-state index < -0.39 is 0 Å². The molecule has 0 radical (unpaired) electrons. The van der Waals surface area contributed by atoms with Crippen molar-refractivity contribution in [1.29, 1.82) is 0 Å². The molecule has 4 heteroatoms. The smallest absolute Gasteiger partial charge is 0.254 e. The molecule has 0 N–H and O–H groups in total. The van der Waals surface area contributed by atoms with E-state index in [4.69, 9.17) is 0 Å². The Balaban J connectivity index is 0.00000187. The van der Waals surface area contributed by atoms with Crippen molar-refractivity contribution in [3.8, 4) is 0 Å².